The Labute approximate surface area is 113 Å². The molecule has 2 rings (SSSR count). The lowest BCUT2D eigenvalue weighted by atomic mass is 9.99. The van der Waals surface area contributed by atoms with Gasteiger partial charge in [0.15, 0.2) is 5.78 Å². The summed E-state index contributed by atoms with van der Waals surface area (Å²) in [4.78, 5) is 24.1. The van der Waals surface area contributed by atoms with Crippen molar-refractivity contribution in [3.8, 4) is 0 Å². The van der Waals surface area contributed by atoms with Crippen LogP contribution in [0.4, 0.5) is 5.69 Å². The SMILES string of the molecule is CC(C)C(=O)c1ccccc1NC(=O)[C@H]1CCOC1. The Morgan fingerprint density at radius 1 is 1.32 bits per heavy atom. The van der Waals surface area contributed by atoms with Crippen molar-refractivity contribution in [2.75, 3.05) is 18.5 Å². The first kappa shape index (κ1) is 13.7. The molecule has 1 amide bonds. The van der Waals surface area contributed by atoms with Gasteiger partial charge in [0.05, 0.1) is 18.2 Å². The van der Waals surface area contributed by atoms with Gasteiger partial charge in [0.25, 0.3) is 0 Å². The van der Waals surface area contributed by atoms with Crippen LogP contribution in [-0.4, -0.2) is 24.9 Å². The van der Waals surface area contributed by atoms with Crippen LogP contribution in [0.25, 0.3) is 0 Å². The quantitative estimate of drug-likeness (QED) is 0.847. The van der Waals surface area contributed by atoms with Gasteiger partial charge in [0, 0.05) is 18.1 Å². The van der Waals surface area contributed by atoms with E-state index in [4.69, 9.17) is 4.74 Å². The number of hydrogen-bond acceptors (Lipinski definition) is 3. The number of hydrogen-bond donors (Lipinski definition) is 1. The lowest BCUT2D eigenvalue weighted by Crippen LogP contribution is -2.24. The lowest BCUT2D eigenvalue weighted by Gasteiger charge is -2.14. The molecular formula is C15H19NO3. The van der Waals surface area contributed by atoms with Crippen molar-refractivity contribution in [3.05, 3.63) is 29.8 Å². The molecule has 1 aromatic carbocycles. The van der Waals surface area contributed by atoms with Crippen molar-refractivity contribution in [1.82, 2.24) is 0 Å². The van der Waals surface area contributed by atoms with Crippen LogP contribution in [0.15, 0.2) is 24.3 Å². The standard InChI is InChI=1S/C15H19NO3/c1-10(2)14(17)12-5-3-4-6-13(12)16-15(18)11-7-8-19-9-11/h3-6,10-11H,7-9H2,1-2H3,(H,16,18)/t11-/m0/s1. The third kappa shape index (κ3) is 3.20. The topological polar surface area (TPSA) is 55.4 Å². The van der Waals surface area contributed by atoms with Crippen LogP contribution in [-0.2, 0) is 9.53 Å². The predicted octanol–water partition coefficient (Wildman–Crippen LogP) is 2.50. The molecule has 1 aliphatic heterocycles. The molecule has 4 nitrogen and oxygen atoms in total. The number of rotatable bonds is 4. The van der Waals surface area contributed by atoms with Crippen LogP contribution < -0.4 is 5.32 Å². The molecule has 0 radical (unpaired) electrons. The summed E-state index contributed by atoms with van der Waals surface area (Å²) in [6.45, 7) is 4.80. The second-order valence-electron chi connectivity index (χ2n) is 5.11. The number of ether oxygens (including phenoxy) is 1. The second-order valence-corrected chi connectivity index (χ2v) is 5.11. The highest BCUT2D eigenvalue weighted by atomic mass is 16.5. The Morgan fingerprint density at radius 3 is 2.68 bits per heavy atom. The van der Waals surface area contributed by atoms with Gasteiger partial charge in [-0.1, -0.05) is 26.0 Å². The minimum absolute atomic E-state index is 0.0403. The summed E-state index contributed by atoms with van der Waals surface area (Å²) in [5.41, 5.74) is 1.17. The Kier molecular flexibility index (Phi) is 4.32. The first-order chi connectivity index (χ1) is 9.09. The summed E-state index contributed by atoms with van der Waals surface area (Å²) < 4.78 is 5.20. The molecule has 1 heterocycles. The van der Waals surface area contributed by atoms with Crippen LogP contribution in [0.1, 0.15) is 30.6 Å². The van der Waals surface area contributed by atoms with Gasteiger partial charge in [0.2, 0.25) is 5.91 Å². The molecule has 1 saturated heterocycles. The van der Waals surface area contributed by atoms with Crippen molar-refractivity contribution in [2.24, 2.45) is 11.8 Å². The third-order valence-electron chi connectivity index (χ3n) is 3.28. The summed E-state index contributed by atoms with van der Waals surface area (Å²) in [6.07, 6.45) is 0.742. The number of carbonyl (C=O) groups excluding carboxylic acids is 2. The smallest absolute Gasteiger partial charge is 0.229 e. The number of amides is 1. The lowest BCUT2D eigenvalue weighted by molar-refractivity contribution is -0.119. The summed E-state index contributed by atoms with van der Waals surface area (Å²) in [6, 6.07) is 7.15. The molecule has 1 aliphatic rings. The van der Waals surface area contributed by atoms with E-state index in [9.17, 15) is 9.59 Å². The molecule has 0 bridgehead atoms. The highest BCUT2D eigenvalue weighted by molar-refractivity contribution is 6.06. The van der Waals surface area contributed by atoms with Crippen LogP contribution in [0.2, 0.25) is 0 Å². The van der Waals surface area contributed by atoms with E-state index < -0.39 is 0 Å². The molecule has 102 valence electrons. The fourth-order valence-electron chi connectivity index (χ4n) is 2.09. The zero-order chi connectivity index (χ0) is 13.8. The molecule has 1 N–H and O–H groups in total. The number of nitrogens with one attached hydrogen (secondary N) is 1. The van der Waals surface area contributed by atoms with Gasteiger partial charge in [-0.3, -0.25) is 9.59 Å². The maximum absolute atomic E-state index is 12.1. The zero-order valence-corrected chi connectivity index (χ0v) is 11.3. The summed E-state index contributed by atoms with van der Waals surface area (Å²) in [7, 11) is 0. The Bertz CT molecular complexity index is 476. The summed E-state index contributed by atoms with van der Waals surface area (Å²) >= 11 is 0. The van der Waals surface area contributed by atoms with Crippen molar-refractivity contribution in [2.45, 2.75) is 20.3 Å². The van der Waals surface area contributed by atoms with Crippen molar-refractivity contribution in [3.63, 3.8) is 0 Å². The molecule has 1 atom stereocenters. The number of anilines is 1. The fraction of sp³-hybridized carbons (Fsp3) is 0.467. The number of ketones is 1. The van der Waals surface area contributed by atoms with E-state index in [0.717, 1.165) is 6.42 Å². The van der Waals surface area contributed by atoms with E-state index in [-0.39, 0.29) is 23.5 Å². The normalized spacial score (nSPS) is 18.6. The summed E-state index contributed by atoms with van der Waals surface area (Å²) in [5.74, 6) is -0.227. The Morgan fingerprint density at radius 2 is 2.05 bits per heavy atom. The third-order valence-corrected chi connectivity index (χ3v) is 3.28. The average molecular weight is 261 g/mol. The van der Waals surface area contributed by atoms with Gasteiger partial charge in [-0.05, 0) is 18.6 Å². The van der Waals surface area contributed by atoms with Crippen LogP contribution >= 0.6 is 0 Å². The van der Waals surface area contributed by atoms with E-state index in [1.807, 2.05) is 26.0 Å². The number of para-hydroxylation sites is 1. The second kappa shape index (κ2) is 5.97. The van der Waals surface area contributed by atoms with Gasteiger partial charge in [-0.15, -0.1) is 0 Å². The Hall–Kier alpha value is -1.68. The van der Waals surface area contributed by atoms with Crippen LogP contribution in [0.5, 0.6) is 0 Å². The van der Waals surface area contributed by atoms with Gasteiger partial charge < -0.3 is 10.1 Å². The summed E-state index contributed by atoms with van der Waals surface area (Å²) in [5, 5.41) is 2.85. The maximum Gasteiger partial charge on any atom is 0.229 e. The minimum atomic E-state index is -0.109. The highest BCUT2D eigenvalue weighted by Crippen LogP contribution is 2.21. The zero-order valence-electron chi connectivity index (χ0n) is 11.3. The fourth-order valence-corrected chi connectivity index (χ4v) is 2.09. The van der Waals surface area contributed by atoms with E-state index in [0.29, 0.717) is 24.5 Å². The molecule has 19 heavy (non-hydrogen) atoms. The molecule has 1 fully saturated rings. The van der Waals surface area contributed by atoms with Crippen LogP contribution in [0.3, 0.4) is 0 Å². The largest absolute Gasteiger partial charge is 0.381 e. The predicted molar refractivity (Wildman–Crippen MR) is 73.2 cm³/mol. The minimum Gasteiger partial charge on any atom is -0.381 e. The van der Waals surface area contributed by atoms with Crippen molar-refractivity contribution in [1.29, 1.82) is 0 Å². The number of carbonyl (C=O) groups is 2. The molecule has 0 spiro atoms. The van der Waals surface area contributed by atoms with Crippen molar-refractivity contribution < 1.29 is 14.3 Å². The molecule has 0 saturated carbocycles. The van der Waals surface area contributed by atoms with Gasteiger partial charge >= 0.3 is 0 Å². The Balaban J connectivity index is 2.15. The van der Waals surface area contributed by atoms with E-state index in [1.54, 1.807) is 12.1 Å². The molecular weight excluding hydrogens is 242 g/mol. The molecule has 0 unspecified atom stereocenters. The van der Waals surface area contributed by atoms with E-state index >= 15 is 0 Å². The van der Waals surface area contributed by atoms with Gasteiger partial charge in [0.1, 0.15) is 0 Å². The van der Waals surface area contributed by atoms with Gasteiger partial charge in [-0.25, -0.2) is 0 Å². The van der Waals surface area contributed by atoms with Crippen molar-refractivity contribution >= 4 is 17.4 Å². The maximum atomic E-state index is 12.1. The number of Topliss-reactive ketones (excluding diaryl/α,β-unsaturated/α-hetero) is 1. The van der Waals surface area contributed by atoms with E-state index in [2.05, 4.69) is 5.32 Å². The molecule has 0 aliphatic carbocycles. The monoisotopic (exact) mass is 261 g/mol. The molecule has 1 aromatic rings. The molecule has 4 heteroatoms. The average Bonchev–Trinajstić information content (AvgIpc) is 2.92. The van der Waals surface area contributed by atoms with Crippen LogP contribution in [0, 0.1) is 11.8 Å². The number of benzene rings is 1. The van der Waals surface area contributed by atoms with E-state index in [1.165, 1.54) is 0 Å². The first-order valence-electron chi connectivity index (χ1n) is 6.61. The highest BCUT2D eigenvalue weighted by Gasteiger charge is 2.24. The first-order valence-corrected chi connectivity index (χ1v) is 6.61. The molecule has 0 aromatic heterocycles. The van der Waals surface area contributed by atoms with Gasteiger partial charge in [-0.2, -0.15) is 0 Å².